The lowest BCUT2D eigenvalue weighted by Crippen LogP contribution is -2.27. The number of hydrogen-bond donors (Lipinski definition) is 1. The number of nitrogens with zero attached hydrogens (tertiary/aromatic N) is 3. The Morgan fingerprint density at radius 3 is 2.09 bits per heavy atom. The van der Waals surface area contributed by atoms with E-state index in [-0.39, 0.29) is 0 Å². The summed E-state index contributed by atoms with van der Waals surface area (Å²) in [4.78, 5) is 6.54. The van der Waals surface area contributed by atoms with E-state index in [0.29, 0.717) is 17.7 Å². The average molecular weight is 657 g/mol. The minimum absolute atomic E-state index is 0.372. The number of rotatable bonds is 9. The lowest BCUT2D eigenvalue weighted by molar-refractivity contribution is -0.138. The van der Waals surface area contributed by atoms with Crippen LogP contribution < -0.4 is 5.32 Å². The highest BCUT2D eigenvalue weighted by Gasteiger charge is 2.33. The third kappa shape index (κ3) is 14.4. The van der Waals surface area contributed by atoms with Gasteiger partial charge in [-0.2, -0.15) is 13.2 Å². The van der Waals surface area contributed by atoms with Crippen molar-refractivity contribution in [3.05, 3.63) is 112 Å². The molecule has 0 saturated carbocycles. The fourth-order valence-electron chi connectivity index (χ4n) is 5.12. The molecule has 0 spiro atoms. The molecule has 4 rings (SSSR count). The third-order valence-corrected chi connectivity index (χ3v) is 7.42. The predicted octanol–water partition coefficient (Wildman–Crippen LogP) is 9.74. The third-order valence-electron chi connectivity index (χ3n) is 7.42. The molecule has 47 heavy (non-hydrogen) atoms. The number of halogens is 3. The van der Waals surface area contributed by atoms with E-state index in [1.54, 1.807) is 33.3 Å². The lowest BCUT2D eigenvalue weighted by Gasteiger charge is -2.29. The van der Waals surface area contributed by atoms with Gasteiger partial charge < -0.3 is 19.9 Å². The normalized spacial score (nSPS) is 14.1. The number of alkyl halides is 3. The first kappa shape index (κ1) is 41.5. The van der Waals surface area contributed by atoms with Gasteiger partial charge in [0, 0.05) is 53.6 Å². The van der Waals surface area contributed by atoms with Gasteiger partial charge in [0.2, 0.25) is 0 Å². The predicted molar refractivity (Wildman–Crippen MR) is 195 cm³/mol. The second-order valence-corrected chi connectivity index (χ2v) is 11.8. The monoisotopic (exact) mass is 656 g/mol. The van der Waals surface area contributed by atoms with Gasteiger partial charge in [0.05, 0.1) is 5.56 Å². The molecule has 1 N–H and O–H groups in total. The summed E-state index contributed by atoms with van der Waals surface area (Å²) in [7, 11) is 7.48. The largest absolute Gasteiger partial charge is 0.416 e. The Kier molecular flexibility index (Phi) is 18.9. The van der Waals surface area contributed by atoms with Gasteiger partial charge in [-0.15, -0.1) is 0 Å². The van der Waals surface area contributed by atoms with Gasteiger partial charge >= 0.3 is 6.18 Å². The highest BCUT2D eigenvalue weighted by molar-refractivity contribution is 5.58. The Morgan fingerprint density at radius 2 is 1.51 bits per heavy atom. The summed E-state index contributed by atoms with van der Waals surface area (Å²) in [5.74, 6) is 1.15. The zero-order valence-corrected chi connectivity index (χ0v) is 30.7. The Bertz CT molecular complexity index is 1340. The highest BCUT2D eigenvalue weighted by atomic mass is 19.4. The molecule has 2 aromatic rings. The summed E-state index contributed by atoms with van der Waals surface area (Å²) in [6, 6.07) is 11.1. The Hall–Kier alpha value is -3.49. The molecule has 0 radical (unpaired) electrons. The number of ether oxygens (including phenoxy) is 1. The van der Waals surface area contributed by atoms with Crippen molar-refractivity contribution < 1.29 is 17.9 Å². The highest BCUT2D eigenvalue weighted by Crippen LogP contribution is 2.33. The van der Waals surface area contributed by atoms with Crippen molar-refractivity contribution in [1.29, 1.82) is 0 Å². The Balaban J connectivity index is 0.000000420. The van der Waals surface area contributed by atoms with Gasteiger partial charge in [0.15, 0.2) is 0 Å². The summed E-state index contributed by atoms with van der Waals surface area (Å²) in [6.07, 6.45) is 8.62. The number of likely N-dealkylation sites (N-methyl/N-ethyl adjacent to an activating group) is 2. The van der Waals surface area contributed by atoms with Gasteiger partial charge in [-0.25, -0.2) is 0 Å². The molecule has 2 heterocycles. The van der Waals surface area contributed by atoms with Crippen LogP contribution in [0, 0.1) is 20.8 Å². The van der Waals surface area contributed by atoms with E-state index in [1.807, 2.05) is 27.7 Å². The number of methoxy groups -OCH3 is 1. The van der Waals surface area contributed by atoms with E-state index in [1.165, 1.54) is 34.0 Å². The SMILES string of the molecule is CC.CCCN(CCC)Cc1ccc(C)cc1C(F)(F)F.COC.Cc1ccc(C)c(NC2=CC(C3=CC=CN(C)C3)=CCN2C)c1. The fraction of sp³-hybridized carbons (Fsp3) is 0.487. The molecule has 0 bridgehead atoms. The Morgan fingerprint density at radius 1 is 0.915 bits per heavy atom. The van der Waals surface area contributed by atoms with Crippen LogP contribution in [0.1, 0.15) is 68.4 Å². The van der Waals surface area contributed by atoms with Crippen molar-refractivity contribution in [3.63, 3.8) is 0 Å². The maximum absolute atomic E-state index is 13.0. The van der Waals surface area contributed by atoms with Gasteiger partial charge in [-0.1, -0.05) is 69.7 Å². The molecule has 2 aliphatic rings. The van der Waals surface area contributed by atoms with Gasteiger partial charge in [0.1, 0.15) is 5.82 Å². The number of nitrogens with one attached hydrogen (secondary N) is 1. The van der Waals surface area contributed by atoms with Crippen molar-refractivity contribution >= 4 is 5.69 Å². The molecule has 0 fully saturated rings. The number of allylic oxidation sites excluding steroid dienone is 3. The molecule has 0 amide bonds. The molecule has 0 aromatic heterocycles. The molecule has 0 saturated heterocycles. The molecule has 262 valence electrons. The maximum Gasteiger partial charge on any atom is 0.416 e. The quantitative estimate of drug-likeness (QED) is 0.291. The maximum atomic E-state index is 13.0. The van der Waals surface area contributed by atoms with Crippen LogP contribution in [0.25, 0.3) is 0 Å². The molecular weight excluding hydrogens is 597 g/mol. The van der Waals surface area contributed by atoms with Crippen LogP contribution in [0.15, 0.2) is 83.9 Å². The van der Waals surface area contributed by atoms with E-state index >= 15 is 0 Å². The van der Waals surface area contributed by atoms with Crippen molar-refractivity contribution in [2.75, 3.05) is 59.8 Å². The van der Waals surface area contributed by atoms with Crippen molar-refractivity contribution in [3.8, 4) is 0 Å². The Labute approximate surface area is 283 Å². The minimum atomic E-state index is -4.27. The van der Waals surface area contributed by atoms with Crippen molar-refractivity contribution in [2.24, 2.45) is 0 Å². The van der Waals surface area contributed by atoms with E-state index < -0.39 is 11.7 Å². The van der Waals surface area contributed by atoms with E-state index in [4.69, 9.17) is 0 Å². The van der Waals surface area contributed by atoms with Crippen LogP contribution >= 0.6 is 0 Å². The number of benzene rings is 2. The van der Waals surface area contributed by atoms with Crippen molar-refractivity contribution in [1.82, 2.24) is 14.7 Å². The van der Waals surface area contributed by atoms with E-state index in [2.05, 4.69) is 101 Å². The molecule has 0 atom stereocenters. The topological polar surface area (TPSA) is 31.0 Å². The van der Waals surface area contributed by atoms with E-state index in [0.717, 1.165) is 44.8 Å². The average Bonchev–Trinajstić information content (AvgIpc) is 3.02. The zero-order chi connectivity index (χ0) is 35.6. The van der Waals surface area contributed by atoms with Crippen LogP contribution in [0.4, 0.5) is 18.9 Å². The summed E-state index contributed by atoms with van der Waals surface area (Å²) in [5.41, 5.74) is 6.92. The number of anilines is 1. The first-order valence-corrected chi connectivity index (χ1v) is 16.7. The smallest absolute Gasteiger partial charge is 0.388 e. The summed E-state index contributed by atoms with van der Waals surface area (Å²) < 4.78 is 43.3. The first-order valence-electron chi connectivity index (χ1n) is 16.7. The molecule has 2 aliphatic heterocycles. The molecule has 2 aromatic carbocycles. The molecule has 0 unspecified atom stereocenters. The zero-order valence-electron chi connectivity index (χ0n) is 30.7. The van der Waals surface area contributed by atoms with Crippen LogP contribution in [0.2, 0.25) is 0 Å². The first-order chi connectivity index (χ1) is 22.3. The standard InChI is InChI=1S/C20H25N3.C15H22F3N.C2H6O.C2H6/c1-15-7-8-16(2)19(12-15)21-20-13-17(9-11-23(20)4)18-6-5-10-22(3)14-18;1-4-8-19(9-5-2)11-13-7-6-12(3)10-14(13)15(16,17)18;1-3-2;1-2/h5-10,12-13,21H,11,14H2,1-4H3;6-7,10H,4-5,8-9,11H2,1-3H3;1-2H3;1-2H3. The summed E-state index contributed by atoms with van der Waals surface area (Å²) in [5, 5.41) is 3.61. The van der Waals surface area contributed by atoms with Gasteiger partial charge in [0.25, 0.3) is 0 Å². The second kappa shape index (κ2) is 21.4. The minimum Gasteiger partial charge on any atom is -0.388 e. The lowest BCUT2D eigenvalue weighted by atomic mass is 10.0. The van der Waals surface area contributed by atoms with E-state index in [9.17, 15) is 13.2 Å². The van der Waals surface area contributed by atoms with Gasteiger partial charge in [-0.3, -0.25) is 4.90 Å². The second-order valence-electron chi connectivity index (χ2n) is 11.8. The fourth-order valence-corrected chi connectivity index (χ4v) is 5.12. The van der Waals surface area contributed by atoms with Crippen molar-refractivity contribution in [2.45, 2.75) is 74.0 Å². The van der Waals surface area contributed by atoms with Crippen LogP contribution in [-0.4, -0.2) is 69.2 Å². The number of aryl methyl sites for hydroxylation is 3. The molecular formula is C39H59F3N4O. The summed E-state index contributed by atoms with van der Waals surface area (Å²) >= 11 is 0. The molecule has 0 aliphatic carbocycles. The van der Waals surface area contributed by atoms with Crippen LogP contribution in [-0.2, 0) is 17.5 Å². The van der Waals surface area contributed by atoms with Crippen LogP contribution in [0.3, 0.4) is 0 Å². The van der Waals surface area contributed by atoms with Crippen LogP contribution in [0.5, 0.6) is 0 Å². The molecule has 8 heteroatoms. The number of hydrogen-bond acceptors (Lipinski definition) is 5. The summed E-state index contributed by atoms with van der Waals surface area (Å²) in [6.45, 7) is 18.0. The molecule has 5 nitrogen and oxygen atoms in total. The van der Waals surface area contributed by atoms with Gasteiger partial charge in [-0.05, 0) is 105 Å².